The van der Waals surface area contributed by atoms with Crippen LogP contribution >= 0.6 is 11.6 Å². The zero-order valence-electron chi connectivity index (χ0n) is 10.9. The van der Waals surface area contributed by atoms with Crippen LogP contribution in [0.1, 0.15) is 11.7 Å². The third kappa shape index (κ3) is 2.80. The van der Waals surface area contributed by atoms with Gasteiger partial charge in [-0.2, -0.15) is 0 Å². The molecule has 0 amide bonds. The van der Waals surface area contributed by atoms with Gasteiger partial charge >= 0.3 is 0 Å². The number of rotatable bonds is 6. The van der Waals surface area contributed by atoms with Gasteiger partial charge in [-0.25, -0.2) is 0 Å². The molecule has 18 heavy (non-hydrogen) atoms. The molecule has 6 heteroatoms. The second-order valence-corrected chi connectivity index (χ2v) is 4.00. The molecule has 0 aliphatic carbocycles. The van der Waals surface area contributed by atoms with Gasteiger partial charge in [0.2, 0.25) is 0 Å². The van der Waals surface area contributed by atoms with E-state index >= 15 is 0 Å². The quantitative estimate of drug-likeness (QED) is 0.826. The fourth-order valence-electron chi connectivity index (χ4n) is 1.71. The van der Waals surface area contributed by atoms with Crippen molar-refractivity contribution in [1.29, 1.82) is 0 Å². The Labute approximate surface area is 112 Å². The Morgan fingerprint density at radius 2 is 1.83 bits per heavy atom. The first-order valence-electron chi connectivity index (χ1n) is 5.41. The normalized spacial score (nSPS) is 12.1. The zero-order chi connectivity index (χ0) is 13.7. The number of likely N-dealkylation sites (N-methyl/N-ethyl adjacent to an activating group) is 1. The van der Waals surface area contributed by atoms with E-state index in [9.17, 15) is 5.11 Å². The largest absolute Gasteiger partial charge is 0.495 e. The number of halogens is 1. The number of ether oxygens (including phenoxy) is 3. The van der Waals surface area contributed by atoms with Crippen LogP contribution in [0.2, 0.25) is 5.02 Å². The highest BCUT2D eigenvalue weighted by atomic mass is 35.5. The third-order valence-corrected chi connectivity index (χ3v) is 2.90. The van der Waals surface area contributed by atoms with Gasteiger partial charge in [-0.1, -0.05) is 11.6 Å². The minimum atomic E-state index is -0.748. The summed E-state index contributed by atoms with van der Waals surface area (Å²) < 4.78 is 15.6. The van der Waals surface area contributed by atoms with Crippen molar-refractivity contribution in [3.8, 4) is 17.2 Å². The number of aliphatic hydroxyl groups is 1. The van der Waals surface area contributed by atoms with Gasteiger partial charge in [0.1, 0.15) is 10.8 Å². The maximum absolute atomic E-state index is 10.0. The number of hydrogen-bond donors (Lipinski definition) is 2. The van der Waals surface area contributed by atoms with Crippen LogP contribution in [0.4, 0.5) is 0 Å². The van der Waals surface area contributed by atoms with E-state index < -0.39 is 6.10 Å². The lowest BCUT2D eigenvalue weighted by Crippen LogP contribution is -2.17. The van der Waals surface area contributed by atoms with Crippen LogP contribution in [0, 0.1) is 0 Å². The summed E-state index contributed by atoms with van der Waals surface area (Å²) in [6.07, 6.45) is -0.748. The molecule has 1 atom stereocenters. The number of nitrogens with one attached hydrogen (secondary N) is 1. The molecule has 0 aliphatic rings. The fraction of sp³-hybridized carbons (Fsp3) is 0.500. The van der Waals surface area contributed by atoms with E-state index in [1.807, 2.05) is 0 Å². The molecular formula is C12H18ClNO4. The smallest absolute Gasteiger partial charge is 0.183 e. The minimum absolute atomic E-state index is 0.282. The molecule has 5 nitrogen and oxygen atoms in total. The van der Waals surface area contributed by atoms with E-state index in [0.29, 0.717) is 29.4 Å². The van der Waals surface area contributed by atoms with Crippen LogP contribution in [0.15, 0.2) is 6.07 Å². The fourth-order valence-corrected chi connectivity index (χ4v) is 2.07. The summed E-state index contributed by atoms with van der Waals surface area (Å²) >= 11 is 6.18. The van der Waals surface area contributed by atoms with Crippen LogP contribution in [0.5, 0.6) is 17.2 Å². The highest BCUT2D eigenvalue weighted by molar-refractivity contribution is 6.34. The van der Waals surface area contributed by atoms with Crippen molar-refractivity contribution in [2.45, 2.75) is 6.10 Å². The van der Waals surface area contributed by atoms with Gasteiger partial charge in [0.15, 0.2) is 11.5 Å². The highest BCUT2D eigenvalue weighted by Gasteiger charge is 2.22. The molecule has 0 heterocycles. The van der Waals surface area contributed by atoms with E-state index in [2.05, 4.69) is 5.32 Å². The van der Waals surface area contributed by atoms with Crippen molar-refractivity contribution in [3.05, 3.63) is 16.7 Å². The molecule has 2 N–H and O–H groups in total. The average molecular weight is 276 g/mol. The molecule has 1 rings (SSSR count). The number of benzene rings is 1. The summed E-state index contributed by atoms with van der Waals surface area (Å²) in [5.41, 5.74) is 0.550. The van der Waals surface area contributed by atoms with Crippen molar-refractivity contribution < 1.29 is 19.3 Å². The van der Waals surface area contributed by atoms with Crippen molar-refractivity contribution in [2.24, 2.45) is 0 Å². The van der Waals surface area contributed by atoms with Crippen LogP contribution in [-0.4, -0.2) is 40.0 Å². The van der Waals surface area contributed by atoms with Crippen molar-refractivity contribution in [2.75, 3.05) is 34.9 Å². The maximum Gasteiger partial charge on any atom is 0.183 e. The van der Waals surface area contributed by atoms with Gasteiger partial charge < -0.3 is 24.6 Å². The topological polar surface area (TPSA) is 60.0 Å². The predicted octanol–water partition coefficient (Wildman–Crippen LogP) is 1.62. The summed E-state index contributed by atoms with van der Waals surface area (Å²) in [5.74, 6) is 1.22. The second kappa shape index (κ2) is 6.68. The van der Waals surface area contributed by atoms with Crippen LogP contribution in [0.25, 0.3) is 0 Å². The molecule has 0 aromatic heterocycles. The molecule has 0 spiro atoms. The Hall–Kier alpha value is -1.17. The Morgan fingerprint density at radius 1 is 1.22 bits per heavy atom. The second-order valence-electron chi connectivity index (χ2n) is 3.62. The summed E-state index contributed by atoms with van der Waals surface area (Å²) in [6, 6.07) is 1.66. The Morgan fingerprint density at radius 3 is 2.28 bits per heavy atom. The molecule has 1 unspecified atom stereocenters. The monoisotopic (exact) mass is 275 g/mol. The van der Waals surface area contributed by atoms with Gasteiger partial charge in [-0.3, -0.25) is 0 Å². The highest BCUT2D eigenvalue weighted by Crippen LogP contribution is 2.45. The molecule has 0 fully saturated rings. The van der Waals surface area contributed by atoms with Gasteiger partial charge in [-0.05, 0) is 13.1 Å². The first kappa shape index (κ1) is 14.9. The van der Waals surface area contributed by atoms with E-state index in [4.69, 9.17) is 25.8 Å². The summed E-state index contributed by atoms with van der Waals surface area (Å²) in [5, 5.41) is 13.2. The summed E-state index contributed by atoms with van der Waals surface area (Å²) in [6.45, 7) is 0.377. The molecule has 0 radical (unpaired) electrons. The molecule has 102 valence electrons. The van der Waals surface area contributed by atoms with Crippen molar-refractivity contribution in [1.82, 2.24) is 5.32 Å². The van der Waals surface area contributed by atoms with Crippen LogP contribution in [0.3, 0.4) is 0 Å². The maximum atomic E-state index is 10.0. The molecule has 0 saturated heterocycles. The van der Waals surface area contributed by atoms with Crippen molar-refractivity contribution in [3.63, 3.8) is 0 Å². The lowest BCUT2D eigenvalue weighted by atomic mass is 10.1. The molecule has 1 aromatic rings. The van der Waals surface area contributed by atoms with Crippen molar-refractivity contribution >= 4 is 11.6 Å². The third-order valence-electron chi connectivity index (χ3n) is 2.56. The van der Waals surface area contributed by atoms with Gasteiger partial charge in [0, 0.05) is 12.1 Å². The summed E-state index contributed by atoms with van der Waals surface area (Å²) in [7, 11) is 6.24. The Balaban J connectivity index is 3.37. The first-order chi connectivity index (χ1) is 8.60. The van der Waals surface area contributed by atoms with E-state index in [-0.39, 0.29) is 5.02 Å². The standard InChI is InChI=1S/C12H18ClNO4/c1-14-6-8(15)7-5-9(16-2)12(18-4)10(13)11(7)17-3/h5,8,14-15H,6H2,1-4H3. The SMILES string of the molecule is CNCC(O)c1cc(OC)c(OC)c(Cl)c1OC. The number of hydrogen-bond acceptors (Lipinski definition) is 5. The molecule has 0 saturated carbocycles. The molecule has 0 bridgehead atoms. The zero-order valence-corrected chi connectivity index (χ0v) is 11.7. The average Bonchev–Trinajstić information content (AvgIpc) is 2.37. The molecule has 1 aromatic carbocycles. The number of aliphatic hydroxyl groups excluding tert-OH is 1. The minimum Gasteiger partial charge on any atom is -0.495 e. The van der Waals surface area contributed by atoms with Gasteiger partial charge in [0.05, 0.1) is 27.4 Å². The van der Waals surface area contributed by atoms with Gasteiger partial charge in [-0.15, -0.1) is 0 Å². The lowest BCUT2D eigenvalue weighted by Gasteiger charge is -2.19. The Kier molecular flexibility index (Phi) is 5.53. The first-order valence-corrected chi connectivity index (χ1v) is 5.79. The van der Waals surface area contributed by atoms with E-state index in [1.54, 1.807) is 13.1 Å². The lowest BCUT2D eigenvalue weighted by molar-refractivity contribution is 0.172. The van der Waals surface area contributed by atoms with Gasteiger partial charge in [0.25, 0.3) is 0 Å². The summed E-state index contributed by atoms with van der Waals surface area (Å²) in [4.78, 5) is 0. The molecule has 0 aliphatic heterocycles. The molecular weight excluding hydrogens is 258 g/mol. The van der Waals surface area contributed by atoms with E-state index in [1.165, 1.54) is 21.3 Å². The van der Waals surface area contributed by atoms with E-state index in [0.717, 1.165) is 0 Å². The predicted molar refractivity (Wildman–Crippen MR) is 70.0 cm³/mol. The number of methoxy groups -OCH3 is 3. The van der Waals surface area contributed by atoms with Crippen LogP contribution < -0.4 is 19.5 Å². The Bertz CT molecular complexity index is 412. The van der Waals surface area contributed by atoms with Crippen LogP contribution in [-0.2, 0) is 0 Å².